The quantitative estimate of drug-likeness (QED) is 0.680. The topological polar surface area (TPSA) is 89.9 Å². The summed E-state index contributed by atoms with van der Waals surface area (Å²) in [4.78, 5) is 38.3. The minimum atomic E-state index is -0.262. The summed E-state index contributed by atoms with van der Waals surface area (Å²) >= 11 is 0. The van der Waals surface area contributed by atoms with Crippen LogP contribution in [-0.2, 0) is 19.1 Å². The predicted molar refractivity (Wildman–Crippen MR) is 98.5 cm³/mol. The third-order valence-electron chi connectivity index (χ3n) is 5.40. The predicted octanol–water partition coefficient (Wildman–Crippen LogP) is 0.134. The van der Waals surface area contributed by atoms with Gasteiger partial charge in [0, 0.05) is 43.9 Å². The number of pyridine rings is 1. The fourth-order valence-electron chi connectivity index (χ4n) is 4.24. The zero-order valence-corrected chi connectivity index (χ0v) is 15.8. The molecule has 0 saturated carbocycles. The van der Waals surface area contributed by atoms with Crippen LogP contribution in [0.4, 0.5) is 0 Å². The largest absolute Gasteiger partial charge is 0.468 e. The van der Waals surface area contributed by atoms with Crippen molar-refractivity contribution in [1.29, 1.82) is 0 Å². The zero-order chi connectivity index (χ0) is 19.4. The number of piperidine rings is 1. The van der Waals surface area contributed by atoms with Gasteiger partial charge in [0.2, 0.25) is 5.91 Å². The molecule has 8 heteroatoms. The highest BCUT2D eigenvalue weighted by atomic mass is 16.5. The SMILES string of the molecule is CCOCC(=O)NC[C@H]1[C@H]2C[C@H](CN(CC(=O)OC)C2)c2cccc(=O)n21. The Morgan fingerprint density at radius 2 is 2.11 bits per heavy atom. The number of fused-ring (bicyclic) bond motifs is 4. The van der Waals surface area contributed by atoms with E-state index in [2.05, 4.69) is 10.2 Å². The van der Waals surface area contributed by atoms with Gasteiger partial charge in [-0.1, -0.05) is 6.07 Å². The van der Waals surface area contributed by atoms with Crippen molar-refractivity contribution in [3.8, 4) is 0 Å². The summed E-state index contributed by atoms with van der Waals surface area (Å²) in [6.07, 6.45) is 0.938. The molecule has 1 fully saturated rings. The van der Waals surface area contributed by atoms with Crippen molar-refractivity contribution in [3.63, 3.8) is 0 Å². The Balaban J connectivity index is 1.81. The van der Waals surface area contributed by atoms with Crippen molar-refractivity contribution in [2.24, 2.45) is 5.92 Å². The normalized spacial score (nSPS) is 24.1. The number of carbonyl (C=O) groups is 2. The van der Waals surface area contributed by atoms with E-state index in [1.54, 1.807) is 12.1 Å². The van der Waals surface area contributed by atoms with Gasteiger partial charge in [0.05, 0.1) is 19.7 Å². The minimum absolute atomic E-state index is 0.0154. The maximum atomic E-state index is 12.6. The lowest BCUT2D eigenvalue weighted by Crippen LogP contribution is -2.53. The van der Waals surface area contributed by atoms with Crippen molar-refractivity contribution in [2.45, 2.75) is 25.3 Å². The number of likely N-dealkylation sites (tertiary alicyclic amines) is 1. The molecule has 0 radical (unpaired) electrons. The van der Waals surface area contributed by atoms with Gasteiger partial charge in [0.25, 0.3) is 5.56 Å². The molecular formula is C19H27N3O5. The number of nitrogens with one attached hydrogen (secondary N) is 1. The van der Waals surface area contributed by atoms with Crippen LogP contribution in [0.15, 0.2) is 23.0 Å². The Bertz CT molecular complexity index is 747. The fourth-order valence-corrected chi connectivity index (χ4v) is 4.24. The second-order valence-electron chi connectivity index (χ2n) is 7.13. The molecule has 2 aliphatic heterocycles. The van der Waals surface area contributed by atoms with Gasteiger partial charge in [-0.2, -0.15) is 0 Å². The molecule has 27 heavy (non-hydrogen) atoms. The van der Waals surface area contributed by atoms with Crippen molar-refractivity contribution < 1.29 is 19.1 Å². The lowest BCUT2D eigenvalue weighted by atomic mass is 9.78. The van der Waals surface area contributed by atoms with Crippen molar-refractivity contribution >= 4 is 11.9 Å². The van der Waals surface area contributed by atoms with Crippen LogP contribution < -0.4 is 10.9 Å². The Labute approximate surface area is 158 Å². The molecule has 0 spiro atoms. The van der Waals surface area contributed by atoms with E-state index in [1.165, 1.54) is 7.11 Å². The number of hydrogen-bond donors (Lipinski definition) is 1. The number of ether oxygens (including phenoxy) is 2. The number of aromatic nitrogens is 1. The molecule has 0 unspecified atom stereocenters. The summed E-state index contributed by atoms with van der Waals surface area (Å²) in [5.41, 5.74) is 0.921. The molecule has 1 N–H and O–H groups in total. The summed E-state index contributed by atoms with van der Waals surface area (Å²) in [5.74, 6) is -0.0835. The number of nitrogens with zero attached hydrogens (tertiary/aromatic N) is 2. The van der Waals surface area contributed by atoms with Crippen molar-refractivity contribution in [2.75, 3.05) is 46.5 Å². The Morgan fingerprint density at radius 3 is 2.85 bits per heavy atom. The van der Waals surface area contributed by atoms with Crippen LogP contribution in [0.1, 0.15) is 31.0 Å². The van der Waals surface area contributed by atoms with E-state index < -0.39 is 0 Å². The summed E-state index contributed by atoms with van der Waals surface area (Å²) < 4.78 is 11.8. The van der Waals surface area contributed by atoms with Crippen LogP contribution in [0.3, 0.4) is 0 Å². The van der Waals surface area contributed by atoms with E-state index in [1.807, 2.05) is 17.6 Å². The smallest absolute Gasteiger partial charge is 0.319 e. The molecule has 1 aromatic heterocycles. The number of hydrogen-bond acceptors (Lipinski definition) is 6. The van der Waals surface area contributed by atoms with E-state index in [9.17, 15) is 14.4 Å². The molecule has 3 rings (SSSR count). The van der Waals surface area contributed by atoms with Crippen molar-refractivity contribution in [3.05, 3.63) is 34.2 Å². The highest BCUT2D eigenvalue weighted by molar-refractivity contribution is 5.77. The molecule has 2 bridgehead atoms. The molecule has 1 amide bonds. The first-order valence-corrected chi connectivity index (χ1v) is 9.38. The summed E-state index contributed by atoms with van der Waals surface area (Å²) in [6, 6.07) is 5.17. The molecule has 1 aromatic rings. The van der Waals surface area contributed by atoms with E-state index in [-0.39, 0.29) is 48.5 Å². The second-order valence-corrected chi connectivity index (χ2v) is 7.13. The van der Waals surface area contributed by atoms with Crippen LogP contribution in [0, 0.1) is 5.92 Å². The fraction of sp³-hybridized carbons (Fsp3) is 0.632. The third-order valence-corrected chi connectivity index (χ3v) is 5.40. The standard InChI is InChI=1S/C19H27N3O5/c1-3-27-12-17(23)20-8-16-14-7-13(9-21(10-14)11-19(25)26-2)15-5-4-6-18(24)22(15)16/h4-6,13-14,16H,3,7-12H2,1-2H3,(H,20,23)/t13-,14+,16+/m1/s1. The maximum Gasteiger partial charge on any atom is 0.319 e. The summed E-state index contributed by atoms with van der Waals surface area (Å²) in [7, 11) is 1.39. The second kappa shape index (κ2) is 8.67. The number of esters is 1. The van der Waals surface area contributed by atoms with Gasteiger partial charge in [0.1, 0.15) is 6.61 Å². The summed E-state index contributed by atoms with van der Waals surface area (Å²) in [5, 5.41) is 2.89. The van der Waals surface area contributed by atoms with Crippen LogP contribution in [0.2, 0.25) is 0 Å². The van der Waals surface area contributed by atoms with Gasteiger partial charge in [-0.15, -0.1) is 0 Å². The molecule has 8 nitrogen and oxygen atoms in total. The number of carbonyl (C=O) groups excluding carboxylic acids is 2. The van der Waals surface area contributed by atoms with Crippen LogP contribution in [0.5, 0.6) is 0 Å². The molecule has 1 saturated heterocycles. The molecule has 3 heterocycles. The zero-order valence-electron chi connectivity index (χ0n) is 15.8. The van der Waals surface area contributed by atoms with Gasteiger partial charge in [0.15, 0.2) is 0 Å². The first kappa shape index (κ1) is 19.6. The molecule has 3 atom stereocenters. The van der Waals surface area contributed by atoms with Crippen LogP contribution in [-0.4, -0.2) is 67.8 Å². The average Bonchev–Trinajstić information content (AvgIpc) is 2.66. The lowest BCUT2D eigenvalue weighted by Gasteiger charge is -2.46. The Hall–Kier alpha value is -2.19. The lowest BCUT2D eigenvalue weighted by molar-refractivity contribution is -0.142. The molecule has 2 aliphatic rings. The van der Waals surface area contributed by atoms with E-state index in [0.717, 1.165) is 18.7 Å². The molecular weight excluding hydrogens is 350 g/mol. The monoisotopic (exact) mass is 377 g/mol. The van der Waals surface area contributed by atoms with Crippen LogP contribution in [0.25, 0.3) is 0 Å². The van der Waals surface area contributed by atoms with Gasteiger partial charge in [-0.25, -0.2) is 0 Å². The third kappa shape index (κ3) is 4.39. The maximum absolute atomic E-state index is 12.6. The minimum Gasteiger partial charge on any atom is -0.468 e. The molecule has 0 aliphatic carbocycles. The van der Waals surface area contributed by atoms with Gasteiger partial charge < -0.3 is 19.4 Å². The van der Waals surface area contributed by atoms with Crippen molar-refractivity contribution in [1.82, 2.24) is 14.8 Å². The Morgan fingerprint density at radius 1 is 1.30 bits per heavy atom. The van der Waals surface area contributed by atoms with Gasteiger partial charge in [-0.3, -0.25) is 19.3 Å². The first-order valence-electron chi connectivity index (χ1n) is 9.38. The number of rotatable bonds is 7. The number of methoxy groups -OCH3 is 1. The average molecular weight is 377 g/mol. The van der Waals surface area contributed by atoms with Crippen LogP contribution >= 0.6 is 0 Å². The van der Waals surface area contributed by atoms with E-state index in [4.69, 9.17) is 9.47 Å². The summed E-state index contributed by atoms with van der Waals surface area (Å²) in [6.45, 7) is 4.35. The first-order chi connectivity index (χ1) is 13.0. The molecule has 148 valence electrons. The van der Waals surface area contributed by atoms with E-state index >= 15 is 0 Å². The van der Waals surface area contributed by atoms with Gasteiger partial charge >= 0.3 is 5.97 Å². The van der Waals surface area contributed by atoms with E-state index in [0.29, 0.717) is 19.7 Å². The van der Waals surface area contributed by atoms with Gasteiger partial charge in [-0.05, 0) is 25.3 Å². The number of amides is 1. The Kier molecular flexibility index (Phi) is 6.28. The molecule has 0 aromatic carbocycles. The highest BCUT2D eigenvalue weighted by Crippen LogP contribution is 2.40. The highest BCUT2D eigenvalue weighted by Gasteiger charge is 2.40.